The zero-order chi connectivity index (χ0) is 14.0. The number of hydrogen-bond donors (Lipinski definition) is 2. The number of hydrogen-bond acceptors (Lipinski definition) is 5. The highest BCUT2D eigenvalue weighted by molar-refractivity contribution is 5.90. The maximum Gasteiger partial charge on any atom is 0.305 e. The third kappa shape index (κ3) is 2.98. The number of aliphatic carboxylic acids is 1. The summed E-state index contributed by atoms with van der Waals surface area (Å²) in [6.07, 6.45) is -0.242. The number of carbonyl (C=O) groups is 2. The van der Waals surface area contributed by atoms with E-state index in [0.29, 0.717) is 24.7 Å². The molecule has 1 atom stereocenters. The van der Waals surface area contributed by atoms with Crippen LogP contribution in [0.15, 0.2) is 6.07 Å². The van der Waals surface area contributed by atoms with Crippen LogP contribution < -0.4 is 10.2 Å². The van der Waals surface area contributed by atoms with Gasteiger partial charge >= 0.3 is 5.97 Å². The molecule has 2 rings (SSSR count). The standard InChI is InChI=1S/C12H16N4O3/c1-7-5-10(15-8(2)14-7)16-4-3-13-12(19)9(16)6-11(17)18/h5,9H,3-4,6H2,1-2H3,(H,13,19)(H,17,18). The summed E-state index contributed by atoms with van der Waals surface area (Å²) in [5.74, 6) is -0.0710. The molecule has 0 radical (unpaired) electrons. The lowest BCUT2D eigenvalue weighted by atomic mass is 10.1. The van der Waals surface area contributed by atoms with Crippen LogP contribution in [-0.2, 0) is 9.59 Å². The van der Waals surface area contributed by atoms with E-state index in [1.54, 1.807) is 17.9 Å². The van der Waals surface area contributed by atoms with Gasteiger partial charge in [0.15, 0.2) is 0 Å². The molecule has 1 aromatic heterocycles. The molecular formula is C12H16N4O3. The van der Waals surface area contributed by atoms with Crippen molar-refractivity contribution in [1.29, 1.82) is 0 Å². The Labute approximate surface area is 110 Å². The van der Waals surface area contributed by atoms with Gasteiger partial charge in [-0.05, 0) is 13.8 Å². The molecule has 1 amide bonds. The van der Waals surface area contributed by atoms with Crippen molar-refractivity contribution in [1.82, 2.24) is 15.3 Å². The van der Waals surface area contributed by atoms with Gasteiger partial charge in [-0.25, -0.2) is 9.97 Å². The third-order valence-corrected chi connectivity index (χ3v) is 2.95. The zero-order valence-corrected chi connectivity index (χ0v) is 10.9. The summed E-state index contributed by atoms with van der Waals surface area (Å²) < 4.78 is 0. The molecule has 0 aromatic carbocycles. The molecule has 1 unspecified atom stereocenters. The molecule has 1 aliphatic heterocycles. The molecule has 0 bridgehead atoms. The average molecular weight is 264 g/mol. The minimum absolute atomic E-state index is 0.242. The minimum Gasteiger partial charge on any atom is -0.481 e. The van der Waals surface area contributed by atoms with Crippen LogP contribution in [0.1, 0.15) is 17.9 Å². The molecule has 1 saturated heterocycles. The summed E-state index contributed by atoms with van der Waals surface area (Å²) in [5.41, 5.74) is 0.794. The Morgan fingerprint density at radius 1 is 1.53 bits per heavy atom. The van der Waals surface area contributed by atoms with Crippen molar-refractivity contribution >= 4 is 17.7 Å². The Morgan fingerprint density at radius 3 is 2.89 bits per heavy atom. The lowest BCUT2D eigenvalue weighted by Crippen LogP contribution is -2.56. The molecule has 19 heavy (non-hydrogen) atoms. The fourth-order valence-corrected chi connectivity index (χ4v) is 2.20. The number of anilines is 1. The molecule has 0 spiro atoms. The van der Waals surface area contributed by atoms with E-state index < -0.39 is 12.0 Å². The second-order valence-corrected chi connectivity index (χ2v) is 4.51. The number of nitrogens with zero attached hydrogens (tertiary/aromatic N) is 3. The Bertz CT molecular complexity index is 497. The number of aromatic nitrogens is 2. The second-order valence-electron chi connectivity index (χ2n) is 4.51. The normalized spacial score (nSPS) is 19.2. The van der Waals surface area contributed by atoms with Gasteiger partial charge in [-0.15, -0.1) is 0 Å². The SMILES string of the molecule is Cc1cc(N2CCNC(=O)C2CC(=O)O)nc(C)n1. The summed E-state index contributed by atoms with van der Waals surface area (Å²) in [6, 6.07) is 1.04. The van der Waals surface area contributed by atoms with Gasteiger partial charge in [0.25, 0.3) is 0 Å². The van der Waals surface area contributed by atoms with Crippen LogP contribution in [0, 0.1) is 13.8 Å². The smallest absolute Gasteiger partial charge is 0.305 e. The van der Waals surface area contributed by atoms with Crippen LogP contribution >= 0.6 is 0 Å². The molecule has 0 aliphatic carbocycles. The van der Waals surface area contributed by atoms with Gasteiger partial charge < -0.3 is 15.3 Å². The lowest BCUT2D eigenvalue weighted by Gasteiger charge is -2.35. The first-order chi connectivity index (χ1) is 8.97. The van der Waals surface area contributed by atoms with E-state index in [1.165, 1.54) is 0 Å². The van der Waals surface area contributed by atoms with Crippen LogP contribution in [0.25, 0.3) is 0 Å². The molecule has 7 heteroatoms. The van der Waals surface area contributed by atoms with Crippen LogP contribution in [0.3, 0.4) is 0 Å². The van der Waals surface area contributed by atoms with E-state index >= 15 is 0 Å². The molecule has 2 heterocycles. The fourth-order valence-electron chi connectivity index (χ4n) is 2.20. The van der Waals surface area contributed by atoms with Crippen molar-refractivity contribution in [3.8, 4) is 0 Å². The van der Waals surface area contributed by atoms with E-state index in [1.807, 2.05) is 6.92 Å². The second kappa shape index (κ2) is 5.21. The molecule has 1 aliphatic rings. The number of amides is 1. The van der Waals surface area contributed by atoms with Crippen LogP contribution in [0.5, 0.6) is 0 Å². The third-order valence-electron chi connectivity index (χ3n) is 2.95. The molecular weight excluding hydrogens is 248 g/mol. The molecule has 7 nitrogen and oxygen atoms in total. The van der Waals surface area contributed by atoms with Crippen molar-refractivity contribution in [2.45, 2.75) is 26.3 Å². The van der Waals surface area contributed by atoms with Crippen molar-refractivity contribution in [2.75, 3.05) is 18.0 Å². The van der Waals surface area contributed by atoms with Crippen molar-refractivity contribution in [3.63, 3.8) is 0 Å². The number of carbonyl (C=O) groups excluding carboxylic acids is 1. The summed E-state index contributed by atoms with van der Waals surface area (Å²) in [4.78, 5) is 32.9. The quantitative estimate of drug-likeness (QED) is 0.789. The van der Waals surface area contributed by atoms with Crippen LogP contribution in [0.2, 0.25) is 0 Å². The zero-order valence-electron chi connectivity index (χ0n) is 10.9. The van der Waals surface area contributed by atoms with Gasteiger partial charge in [-0.1, -0.05) is 0 Å². The molecule has 102 valence electrons. The largest absolute Gasteiger partial charge is 0.481 e. The van der Waals surface area contributed by atoms with Gasteiger partial charge in [-0.3, -0.25) is 9.59 Å². The predicted molar refractivity (Wildman–Crippen MR) is 67.9 cm³/mol. The fraction of sp³-hybridized carbons (Fsp3) is 0.500. The molecule has 1 aromatic rings. The Balaban J connectivity index is 2.33. The highest BCUT2D eigenvalue weighted by atomic mass is 16.4. The summed E-state index contributed by atoms with van der Waals surface area (Å²) in [7, 11) is 0. The minimum atomic E-state index is -1.01. The molecule has 1 fully saturated rings. The first-order valence-electron chi connectivity index (χ1n) is 6.06. The van der Waals surface area contributed by atoms with Gasteiger partial charge in [-0.2, -0.15) is 0 Å². The monoisotopic (exact) mass is 264 g/mol. The highest BCUT2D eigenvalue weighted by Gasteiger charge is 2.32. The van der Waals surface area contributed by atoms with E-state index in [-0.39, 0.29) is 12.3 Å². The summed E-state index contributed by atoms with van der Waals surface area (Å²) in [5, 5.41) is 11.6. The van der Waals surface area contributed by atoms with Crippen molar-refractivity contribution < 1.29 is 14.7 Å². The van der Waals surface area contributed by atoms with Gasteiger partial charge in [0.1, 0.15) is 17.7 Å². The Hall–Kier alpha value is -2.18. The van der Waals surface area contributed by atoms with Gasteiger partial charge in [0.05, 0.1) is 6.42 Å². The number of carboxylic acids is 1. The van der Waals surface area contributed by atoms with Gasteiger partial charge in [0.2, 0.25) is 5.91 Å². The maximum atomic E-state index is 11.8. The Morgan fingerprint density at radius 2 is 2.26 bits per heavy atom. The maximum absolute atomic E-state index is 11.8. The number of aryl methyl sites for hydroxylation is 2. The van der Waals surface area contributed by atoms with E-state index in [2.05, 4.69) is 15.3 Å². The van der Waals surface area contributed by atoms with Gasteiger partial charge in [0, 0.05) is 24.8 Å². The van der Waals surface area contributed by atoms with Crippen LogP contribution in [-0.4, -0.2) is 46.1 Å². The number of rotatable bonds is 3. The van der Waals surface area contributed by atoms with E-state index in [4.69, 9.17) is 5.11 Å². The topological polar surface area (TPSA) is 95.4 Å². The number of carboxylic acid groups (broad SMARTS) is 1. The van der Waals surface area contributed by atoms with E-state index in [0.717, 1.165) is 5.69 Å². The predicted octanol–water partition coefficient (Wildman–Crippen LogP) is -0.127. The first kappa shape index (κ1) is 13.3. The van der Waals surface area contributed by atoms with Crippen molar-refractivity contribution in [3.05, 3.63) is 17.6 Å². The lowest BCUT2D eigenvalue weighted by molar-refractivity contribution is -0.139. The summed E-state index contributed by atoms with van der Waals surface area (Å²) >= 11 is 0. The van der Waals surface area contributed by atoms with Crippen molar-refractivity contribution in [2.24, 2.45) is 0 Å². The highest BCUT2D eigenvalue weighted by Crippen LogP contribution is 2.19. The van der Waals surface area contributed by atoms with Crippen LogP contribution in [0.4, 0.5) is 5.82 Å². The molecule has 0 saturated carbocycles. The Kier molecular flexibility index (Phi) is 3.64. The van der Waals surface area contributed by atoms with E-state index in [9.17, 15) is 9.59 Å². The first-order valence-corrected chi connectivity index (χ1v) is 6.06. The molecule has 2 N–H and O–H groups in total. The number of piperazine rings is 1. The summed E-state index contributed by atoms with van der Waals surface area (Å²) in [6.45, 7) is 4.64. The number of nitrogens with one attached hydrogen (secondary N) is 1. The average Bonchev–Trinajstić information content (AvgIpc) is 2.30.